The van der Waals surface area contributed by atoms with Crippen LogP contribution in [0.25, 0.3) is 0 Å². The summed E-state index contributed by atoms with van der Waals surface area (Å²) in [4.78, 5) is 3.46. The van der Waals surface area contributed by atoms with Gasteiger partial charge in [0.15, 0.2) is 0 Å². The molecule has 0 aromatic carbocycles. The summed E-state index contributed by atoms with van der Waals surface area (Å²) in [5.74, 6) is -3.46. The molecule has 0 aromatic rings. The van der Waals surface area contributed by atoms with Gasteiger partial charge in [-0.15, -0.1) is 0 Å². The minimum Gasteiger partial charge on any atom is -0.196 e. The van der Waals surface area contributed by atoms with Gasteiger partial charge < -0.3 is 0 Å². The highest BCUT2D eigenvalue weighted by Crippen LogP contribution is 2.39. The summed E-state index contributed by atoms with van der Waals surface area (Å²) < 4.78 is 72.2. The molecule has 0 saturated heterocycles. The summed E-state index contributed by atoms with van der Waals surface area (Å²) in [6.07, 6.45) is 0.0646. The summed E-state index contributed by atoms with van der Waals surface area (Å²) in [6.45, 7) is 0.143. The van der Waals surface area contributed by atoms with E-state index < -0.39 is 18.5 Å². The monoisotopic (exact) mass is 354 g/mol. The van der Waals surface area contributed by atoms with Crippen molar-refractivity contribution in [3.63, 3.8) is 0 Å². The maximum Gasteiger partial charge on any atom is 0.453 e. The minimum absolute atomic E-state index is 0.131. The molecule has 1 nitrogen and oxygen atoms in total. The van der Waals surface area contributed by atoms with Gasteiger partial charge in [0.05, 0.1) is 6.61 Å². The van der Waals surface area contributed by atoms with Crippen LogP contribution in [0.5, 0.6) is 0 Å². The first-order valence-electron chi connectivity index (χ1n) is 7.57. The lowest BCUT2D eigenvalue weighted by Crippen LogP contribution is -2.36. The lowest BCUT2D eigenvalue weighted by Gasteiger charge is -2.19. The topological polar surface area (TPSA) is 9.23 Å². The number of hydrogen-bond donors (Lipinski definition) is 0. The molecule has 0 aliphatic rings. The summed E-state index contributed by atoms with van der Waals surface area (Å²) in [5.41, 5.74) is 0. The molecule has 0 bridgehead atoms. The molecule has 22 heavy (non-hydrogen) atoms. The van der Waals surface area contributed by atoms with Crippen molar-refractivity contribution >= 4 is 11.8 Å². The number of alkyl halides is 5. The molecule has 0 rings (SSSR count). The molecule has 0 heterocycles. The molecule has 0 spiro atoms. The predicted molar refractivity (Wildman–Crippen MR) is 76.9 cm³/mol. The zero-order chi connectivity index (χ0) is 16.9. The van der Waals surface area contributed by atoms with E-state index in [1.807, 2.05) is 0 Å². The fourth-order valence-electron chi connectivity index (χ4n) is 1.88. The second-order valence-corrected chi connectivity index (χ2v) is 6.43. The number of unbranched alkanes of at least 4 members (excludes halogenated alkanes) is 6. The van der Waals surface area contributed by atoms with Crippen LogP contribution in [0.1, 0.15) is 57.8 Å². The highest BCUT2D eigenvalue weighted by atomic mass is 32.2. The van der Waals surface area contributed by atoms with Crippen molar-refractivity contribution < 1.29 is 31.4 Å². The van der Waals surface area contributed by atoms with E-state index in [-0.39, 0.29) is 13.0 Å². The molecule has 0 unspecified atom stereocenters. The first-order valence-corrected chi connectivity index (χ1v) is 8.72. The molecule has 0 N–H and O–H groups in total. The van der Waals surface area contributed by atoms with E-state index in [0.29, 0.717) is 5.75 Å². The Morgan fingerprint density at radius 3 is 1.73 bits per heavy atom. The third-order valence-electron chi connectivity index (χ3n) is 3.20. The Bertz CT molecular complexity index is 260. The van der Waals surface area contributed by atoms with Crippen molar-refractivity contribution in [2.75, 3.05) is 18.1 Å². The molecule has 0 fully saturated rings. The number of thioether (sulfide) groups is 1. The van der Waals surface area contributed by atoms with E-state index >= 15 is 0 Å². The quantitative estimate of drug-likeness (QED) is 0.266. The molecule has 0 aliphatic heterocycles. The third-order valence-corrected chi connectivity index (χ3v) is 4.36. The maximum absolute atomic E-state index is 12.6. The molecular formula is C14H24F6OS. The molecular weight excluding hydrogens is 330 g/mol. The fourth-order valence-corrected chi connectivity index (χ4v) is 2.85. The minimum atomic E-state index is -5.44. The Balaban J connectivity index is 3.28. The number of hydrogen-bond acceptors (Lipinski definition) is 2. The normalized spacial score (nSPS) is 12.8. The smallest absolute Gasteiger partial charge is 0.196 e. The van der Waals surface area contributed by atoms with E-state index in [0.717, 1.165) is 50.7 Å². The lowest BCUT2D eigenvalue weighted by atomic mass is 10.1. The summed E-state index contributed by atoms with van der Waals surface area (Å²) in [6, 6.07) is 0. The van der Waals surface area contributed by atoms with Crippen molar-refractivity contribution in [3.05, 3.63) is 0 Å². The van der Waals surface area contributed by atoms with Crippen LogP contribution in [0.2, 0.25) is 0 Å². The Morgan fingerprint density at radius 1 is 0.682 bits per heavy atom. The van der Waals surface area contributed by atoms with Crippen LogP contribution >= 0.6 is 11.8 Å². The predicted octanol–water partition coefficient (Wildman–Crippen LogP) is 6.33. The van der Waals surface area contributed by atoms with Gasteiger partial charge in [-0.05, 0) is 35.3 Å². The molecule has 0 atom stereocenters. The zero-order valence-corrected chi connectivity index (χ0v) is 13.4. The summed E-state index contributed by atoms with van der Waals surface area (Å²) >= 11 is 1.42. The van der Waals surface area contributed by atoms with Crippen molar-refractivity contribution in [1.29, 1.82) is 0 Å². The Hall–Kier alpha value is -0.110. The van der Waals surface area contributed by atoms with Gasteiger partial charge in [-0.2, -0.15) is 38.7 Å². The molecule has 8 heteroatoms. The van der Waals surface area contributed by atoms with E-state index in [4.69, 9.17) is 0 Å². The van der Waals surface area contributed by atoms with E-state index in [1.54, 1.807) is 0 Å². The van der Waals surface area contributed by atoms with Crippen LogP contribution in [-0.4, -0.2) is 30.2 Å². The average molecular weight is 354 g/mol. The Morgan fingerprint density at radius 2 is 1.18 bits per heavy atom. The van der Waals surface area contributed by atoms with Gasteiger partial charge >= 0.3 is 12.1 Å². The van der Waals surface area contributed by atoms with Gasteiger partial charge in [0.2, 0.25) is 0 Å². The van der Waals surface area contributed by atoms with E-state index in [1.165, 1.54) is 11.8 Å². The SMILES string of the molecule is FOCCCCCCCCCSCCCC(F)(F)C(F)(F)F. The van der Waals surface area contributed by atoms with Crippen molar-refractivity contribution in [1.82, 2.24) is 0 Å². The van der Waals surface area contributed by atoms with Crippen LogP contribution in [0.15, 0.2) is 0 Å². The average Bonchev–Trinajstić information content (AvgIpc) is 2.42. The molecule has 0 aromatic heterocycles. The maximum atomic E-state index is 12.6. The van der Waals surface area contributed by atoms with Gasteiger partial charge in [0.25, 0.3) is 0 Å². The first kappa shape index (κ1) is 21.9. The van der Waals surface area contributed by atoms with Crippen molar-refractivity contribution in [3.8, 4) is 0 Å². The lowest BCUT2D eigenvalue weighted by molar-refractivity contribution is -0.284. The zero-order valence-electron chi connectivity index (χ0n) is 12.6. The second-order valence-electron chi connectivity index (χ2n) is 5.21. The molecule has 134 valence electrons. The third kappa shape index (κ3) is 11.5. The summed E-state index contributed by atoms with van der Waals surface area (Å²) in [7, 11) is 0. The van der Waals surface area contributed by atoms with Crippen LogP contribution in [0.4, 0.5) is 26.5 Å². The highest BCUT2D eigenvalue weighted by Gasteiger charge is 2.56. The fraction of sp³-hybridized carbons (Fsp3) is 1.00. The largest absolute Gasteiger partial charge is 0.453 e. The van der Waals surface area contributed by atoms with Crippen LogP contribution in [0.3, 0.4) is 0 Å². The number of rotatable bonds is 14. The van der Waals surface area contributed by atoms with Crippen LogP contribution < -0.4 is 0 Å². The van der Waals surface area contributed by atoms with Gasteiger partial charge in [-0.3, -0.25) is 0 Å². The van der Waals surface area contributed by atoms with Gasteiger partial charge in [-0.1, -0.05) is 32.1 Å². The van der Waals surface area contributed by atoms with E-state index in [9.17, 15) is 26.5 Å². The highest BCUT2D eigenvalue weighted by molar-refractivity contribution is 7.99. The second kappa shape index (κ2) is 12.3. The van der Waals surface area contributed by atoms with Crippen molar-refractivity contribution in [2.45, 2.75) is 69.9 Å². The first-order chi connectivity index (χ1) is 10.3. The summed E-state index contributed by atoms with van der Waals surface area (Å²) in [5, 5.41) is 0. The molecule has 0 amide bonds. The standard InChI is InChI=1S/C14H24F6OS/c15-13(16,14(17,18)19)9-8-12-22-11-7-5-3-1-2-4-6-10-21-20/h1-12H2. The number of halogens is 6. The van der Waals surface area contributed by atoms with Gasteiger partial charge in [0, 0.05) is 6.42 Å². The molecule has 0 aliphatic carbocycles. The van der Waals surface area contributed by atoms with Crippen molar-refractivity contribution in [2.24, 2.45) is 0 Å². The molecule has 0 radical (unpaired) electrons. The van der Waals surface area contributed by atoms with Crippen LogP contribution in [-0.2, 0) is 4.94 Å². The molecule has 0 saturated carbocycles. The van der Waals surface area contributed by atoms with Crippen LogP contribution in [0, 0.1) is 0 Å². The van der Waals surface area contributed by atoms with Gasteiger partial charge in [0.1, 0.15) is 0 Å². The Labute approximate surface area is 132 Å². The van der Waals surface area contributed by atoms with E-state index in [2.05, 4.69) is 4.94 Å². The Kier molecular flexibility index (Phi) is 12.3. The van der Waals surface area contributed by atoms with Gasteiger partial charge in [-0.25, -0.2) is 0 Å².